The van der Waals surface area contributed by atoms with Crippen molar-refractivity contribution in [3.8, 4) is 0 Å². The van der Waals surface area contributed by atoms with Crippen LogP contribution in [0.5, 0.6) is 0 Å². The first-order valence-electron chi connectivity index (χ1n) is 5.59. The van der Waals surface area contributed by atoms with Crippen molar-refractivity contribution < 1.29 is 0 Å². The van der Waals surface area contributed by atoms with Crippen LogP contribution < -0.4 is 17.0 Å². The first kappa shape index (κ1) is 13.5. The van der Waals surface area contributed by atoms with Gasteiger partial charge in [0.05, 0.1) is 0 Å². The number of rotatable bonds is 5. The number of hydrogen-bond acceptors (Lipinski definition) is 3. The minimum absolute atomic E-state index is 0.118. The zero-order chi connectivity index (χ0) is 12.1. The number of nitrogen functional groups attached to an aromatic ring is 1. The number of nitrogens with one attached hydrogen (secondary N) is 1. The fourth-order valence-corrected chi connectivity index (χ4v) is 2.08. The molecule has 1 aromatic rings. The molecule has 0 fully saturated rings. The van der Waals surface area contributed by atoms with Crippen LogP contribution in [0.4, 0.5) is 5.69 Å². The van der Waals surface area contributed by atoms with Gasteiger partial charge in [0.15, 0.2) is 0 Å². The van der Waals surface area contributed by atoms with E-state index in [2.05, 4.69) is 35.2 Å². The van der Waals surface area contributed by atoms with Gasteiger partial charge in [-0.05, 0) is 36.1 Å². The van der Waals surface area contributed by atoms with Crippen LogP contribution in [0.3, 0.4) is 0 Å². The topological polar surface area (TPSA) is 64.1 Å². The summed E-state index contributed by atoms with van der Waals surface area (Å²) < 4.78 is 1.03. The Morgan fingerprint density at radius 2 is 2.12 bits per heavy atom. The van der Waals surface area contributed by atoms with Crippen molar-refractivity contribution in [1.29, 1.82) is 0 Å². The monoisotopic (exact) mass is 285 g/mol. The highest BCUT2D eigenvalue weighted by atomic mass is 79.9. The Kier molecular flexibility index (Phi) is 5.25. The molecule has 4 heteroatoms. The molecule has 0 saturated heterocycles. The average Bonchev–Trinajstić information content (AvgIpc) is 2.29. The lowest BCUT2D eigenvalue weighted by Crippen LogP contribution is -2.30. The molecule has 1 rings (SSSR count). The van der Waals surface area contributed by atoms with Crippen LogP contribution in [-0.4, -0.2) is 0 Å². The molecular weight excluding hydrogens is 266 g/mol. The molecule has 90 valence electrons. The van der Waals surface area contributed by atoms with Crippen molar-refractivity contribution in [3.63, 3.8) is 0 Å². The summed E-state index contributed by atoms with van der Waals surface area (Å²) in [5.74, 6) is 6.23. The van der Waals surface area contributed by atoms with Crippen LogP contribution in [0.25, 0.3) is 0 Å². The van der Waals surface area contributed by atoms with Gasteiger partial charge in [0.25, 0.3) is 0 Å². The first-order valence-corrected chi connectivity index (χ1v) is 6.38. The smallest absolute Gasteiger partial charge is 0.0483 e. The maximum atomic E-state index is 5.97. The predicted octanol–water partition coefficient (Wildman–Crippen LogP) is 2.97. The second-order valence-corrected chi connectivity index (χ2v) is 5.16. The number of halogens is 1. The van der Waals surface area contributed by atoms with E-state index in [9.17, 15) is 0 Å². The summed E-state index contributed by atoms with van der Waals surface area (Å²) in [5, 5.41) is 0. The van der Waals surface area contributed by atoms with E-state index in [0.29, 0.717) is 5.92 Å². The van der Waals surface area contributed by atoms with Crippen LogP contribution in [0.15, 0.2) is 22.7 Å². The number of anilines is 1. The quantitative estimate of drug-likeness (QED) is 0.443. The molecule has 0 amide bonds. The summed E-state index contributed by atoms with van der Waals surface area (Å²) >= 11 is 3.45. The lowest BCUT2D eigenvalue weighted by Gasteiger charge is -2.21. The van der Waals surface area contributed by atoms with Crippen LogP contribution in [0.1, 0.15) is 38.3 Å². The second kappa shape index (κ2) is 6.23. The molecule has 16 heavy (non-hydrogen) atoms. The maximum absolute atomic E-state index is 5.97. The van der Waals surface area contributed by atoms with Crippen LogP contribution in [-0.2, 0) is 0 Å². The predicted molar refractivity (Wildman–Crippen MR) is 72.7 cm³/mol. The molecule has 5 N–H and O–H groups in total. The Bertz CT molecular complexity index is 341. The zero-order valence-electron chi connectivity index (χ0n) is 9.83. The molecule has 2 unspecified atom stereocenters. The normalized spacial score (nSPS) is 14.8. The molecule has 0 bridgehead atoms. The van der Waals surface area contributed by atoms with Crippen LogP contribution in [0.2, 0.25) is 0 Å². The average molecular weight is 286 g/mol. The number of benzene rings is 1. The summed E-state index contributed by atoms with van der Waals surface area (Å²) in [6, 6.07) is 5.99. The number of nitrogens with two attached hydrogens (primary N) is 2. The molecule has 2 atom stereocenters. The Morgan fingerprint density at radius 1 is 1.44 bits per heavy atom. The van der Waals surface area contributed by atoms with E-state index in [1.54, 1.807) is 0 Å². The van der Waals surface area contributed by atoms with E-state index in [1.165, 1.54) is 0 Å². The van der Waals surface area contributed by atoms with Crippen LogP contribution in [0, 0.1) is 5.92 Å². The van der Waals surface area contributed by atoms with E-state index < -0.39 is 0 Å². The molecule has 3 nitrogen and oxygen atoms in total. The Balaban J connectivity index is 2.89. The summed E-state index contributed by atoms with van der Waals surface area (Å²) in [6.45, 7) is 4.40. The molecule has 0 aliphatic heterocycles. The van der Waals surface area contributed by atoms with Gasteiger partial charge >= 0.3 is 0 Å². The molecule has 0 aliphatic rings. The molecular formula is C12H20BrN3. The fraction of sp³-hybridized carbons (Fsp3) is 0.500. The van der Waals surface area contributed by atoms with Crippen molar-refractivity contribution in [2.75, 3.05) is 5.73 Å². The van der Waals surface area contributed by atoms with Gasteiger partial charge in [-0.15, -0.1) is 0 Å². The molecule has 0 heterocycles. The van der Waals surface area contributed by atoms with E-state index in [0.717, 1.165) is 28.6 Å². The SMILES string of the molecule is CCC(C)CC(NN)c1cc(Br)ccc1N. The fourth-order valence-electron chi connectivity index (χ4n) is 1.70. The Hall–Kier alpha value is -0.580. The summed E-state index contributed by atoms with van der Waals surface area (Å²) in [4.78, 5) is 0. The lowest BCUT2D eigenvalue weighted by atomic mass is 9.94. The van der Waals surface area contributed by atoms with Gasteiger partial charge in [-0.25, -0.2) is 0 Å². The zero-order valence-corrected chi connectivity index (χ0v) is 11.4. The van der Waals surface area contributed by atoms with Gasteiger partial charge in [0.2, 0.25) is 0 Å². The molecule has 0 radical (unpaired) electrons. The summed E-state index contributed by atoms with van der Waals surface area (Å²) in [5.41, 5.74) is 10.7. The maximum Gasteiger partial charge on any atom is 0.0483 e. The van der Waals surface area contributed by atoms with Gasteiger partial charge in [-0.2, -0.15) is 0 Å². The highest BCUT2D eigenvalue weighted by Crippen LogP contribution is 2.29. The standard InChI is InChI=1S/C12H20BrN3/c1-3-8(2)6-12(16-15)10-7-9(13)4-5-11(10)14/h4-5,7-8,12,16H,3,6,14-15H2,1-2H3. The third kappa shape index (κ3) is 3.47. The third-order valence-electron chi connectivity index (χ3n) is 2.96. The molecule has 0 spiro atoms. The third-order valence-corrected chi connectivity index (χ3v) is 3.45. The summed E-state index contributed by atoms with van der Waals surface area (Å²) in [6.07, 6.45) is 2.14. The van der Waals surface area contributed by atoms with E-state index in [4.69, 9.17) is 11.6 Å². The summed E-state index contributed by atoms with van der Waals surface area (Å²) in [7, 11) is 0. The van der Waals surface area contributed by atoms with Crippen molar-refractivity contribution >= 4 is 21.6 Å². The van der Waals surface area contributed by atoms with E-state index >= 15 is 0 Å². The Morgan fingerprint density at radius 3 is 2.69 bits per heavy atom. The van der Waals surface area contributed by atoms with Gasteiger partial charge in [-0.3, -0.25) is 11.3 Å². The van der Waals surface area contributed by atoms with Crippen molar-refractivity contribution in [3.05, 3.63) is 28.2 Å². The number of hydrazine groups is 1. The van der Waals surface area contributed by atoms with Crippen LogP contribution >= 0.6 is 15.9 Å². The van der Waals surface area contributed by atoms with Gasteiger partial charge in [0.1, 0.15) is 0 Å². The Labute approximate surface area is 106 Å². The largest absolute Gasteiger partial charge is 0.398 e. The molecule has 0 saturated carbocycles. The lowest BCUT2D eigenvalue weighted by molar-refractivity contribution is 0.408. The minimum atomic E-state index is 0.118. The van der Waals surface area contributed by atoms with Gasteiger partial charge in [-0.1, -0.05) is 36.2 Å². The van der Waals surface area contributed by atoms with E-state index in [-0.39, 0.29) is 6.04 Å². The van der Waals surface area contributed by atoms with Crippen molar-refractivity contribution in [2.45, 2.75) is 32.7 Å². The highest BCUT2D eigenvalue weighted by Gasteiger charge is 2.15. The first-order chi connectivity index (χ1) is 7.58. The molecule has 1 aromatic carbocycles. The second-order valence-electron chi connectivity index (χ2n) is 4.24. The van der Waals surface area contributed by atoms with Crippen molar-refractivity contribution in [1.82, 2.24) is 5.43 Å². The van der Waals surface area contributed by atoms with E-state index in [1.807, 2.05) is 18.2 Å². The van der Waals surface area contributed by atoms with Gasteiger partial charge < -0.3 is 5.73 Å². The van der Waals surface area contributed by atoms with Crippen molar-refractivity contribution in [2.24, 2.45) is 11.8 Å². The molecule has 0 aliphatic carbocycles. The molecule has 0 aromatic heterocycles. The van der Waals surface area contributed by atoms with Gasteiger partial charge in [0, 0.05) is 16.2 Å². The minimum Gasteiger partial charge on any atom is -0.398 e. The highest BCUT2D eigenvalue weighted by molar-refractivity contribution is 9.10. The number of hydrogen-bond donors (Lipinski definition) is 3.